The highest BCUT2D eigenvalue weighted by Crippen LogP contribution is 2.28. The van der Waals surface area contributed by atoms with Crippen molar-refractivity contribution in [3.05, 3.63) is 48.0 Å². The molecular weight excluding hydrogens is 496 g/mol. The van der Waals surface area contributed by atoms with Gasteiger partial charge >= 0.3 is 0 Å². The van der Waals surface area contributed by atoms with Crippen molar-refractivity contribution in [1.29, 1.82) is 0 Å². The Morgan fingerprint density at radius 1 is 0.771 bits per heavy atom. The Balaban J connectivity index is 0.000000507. The molecule has 35 heavy (non-hydrogen) atoms. The Morgan fingerprint density at radius 2 is 1.26 bits per heavy atom. The molecular formula is C23H36N2O8S2. The monoisotopic (exact) mass is 532 g/mol. The van der Waals surface area contributed by atoms with Gasteiger partial charge in [-0.15, -0.1) is 0 Å². The molecule has 0 aliphatic heterocycles. The number of methoxy groups -OCH3 is 2. The van der Waals surface area contributed by atoms with Gasteiger partial charge in [0.25, 0.3) is 20.2 Å². The molecule has 0 fully saturated rings. The molecule has 0 aliphatic rings. The number of anilines is 2. The van der Waals surface area contributed by atoms with Gasteiger partial charge in [-0.1, -0.05) is 12.1 Å². The first kappa shape index (κ1) is 30.5. The highest BCUT2D eigenvalue weighted by molar-refractivity contribution is 7.86. The van der Waals surface area contributed by atoms with Crippen LogP contribution in [0.25, 0.3) is 0 Å². The molecule has 0 aliphatic carbocycles. The van der Waals surface area contributed by atoms with Crippen LogP contribution in [0.2, 0.25) is 0 Å². The lowest BCUT2D eigenvalue weighted by Gasteiger charge is -2.25. The summed E-state index contributed by atoms with van der Waals surface area (Å²) in [5.41, 5.74) is 3.22. The van der Waals surface area contributed by atoms with E-state index in [-0.39, 0.29) is 25.9 Å². The maximum atomic E-state index is 10.9. The van der Waals surface area contributed by atoms with Crippen LogP contribution in [0.1, 0.15) is 18.4 Å². The van der Waals surface area contributed by atoms with Crippen LogP contribution in [-0.2, 0) is 20.2 Å². The van der Waals surface area contributed by atoms with Crippen molar-refractivity contribution in [1.82, 2.24) is 0 Å². The predicted octanol–water partition coefficient (Wildman–Crippen LogP) is 3.13. The van der Waals surface area contributed by atoms with Gasteiger partial charge in [0.2, 0.25) is 0 Å². The van der Waals surface area contributed by atoms with Crippen molar-refractivity contribution >= 4 is 31.6 Å². The minimum Gasteiger partial charge on any atom is -0.497 e. The second-order valence-corrected chi connectivity index (χ2v) is 11.2. The molecule has 12 heteroatoms. The van der Waals surface area contributed by atoms with E-state index in [0.717, 1.165) is 0 Å². The fourth-order valence-electron chi connectivity index (χ4n) is 3.13. The van der Waals surface area contributed by atoms with Gasteiger partial charge in [0.1, 0.15) is 11.5 Å². The van der Waals surface area contributed by atoms with E-state index in [0.29, 0.717) is 17.2 Å². The molecule has 2 rings (SSSR count). The molecule has 10 nitrogen and oxygen atoms in total. The van der Waals surface area contributed by atoms with Gasteiger partial charge in [-0.3, -0.25) is 9.11 Å². The number of nitrogens with zero attached hydrogens (tertiary/aromatic N) is 2. The number of aryl methyl sites for hydroxylation is 1. The summed E-state index contributed by atoms with van der Waals surface area (Å²) < 4.78 is 71.6. The standard InChI is InChI=1S/C14H23NO8S2.C9H13N/c1-22-13-9-12(10-14(11-13)23-2)15(5-3-7-24(16,17)18)6-4-8-25(19,20)21;1-8-5-4-6-9(7-8)10(2)3/h9-11H,3-8H2,1-2H3,(H,16,17,18)(H,19,20,21);4-7H,1-3H3. The first-order valence-corrected chi connectivity index (χ1v) is 14.1. The fourth-order valence-corrected chi connectivity index (χ4v) is 4.11. The molecule has 0 bridgehead atoms. The van der Waals surface area contributed by atoms with E-state index in [9.17, 15) is 16.8 Å². The molecule has 0 heterocycles. The second kappa shape index (κ2) is 14.1. The van der Waals surface area contributed by atoms with Gasteiger partial charge in [-0.25, -0.2) is 0 Å². The summed E-state index contributed by atoms with van der Waals surface area (Å²) in [6.07, 6.45) is 0.286. The average molecular weight is 533 g/mol. The van der Waals surface area contributed by atoms with E-state index < -0.39 is 31.7 Å². The lowest BCUT2D eigenvalue weighted by Crippen LogP contribution is -2.28. The van der Waals surface area contributed by atoms with Gasteiger partial charge in [0, 0.05) is 56.8 Å². The molecule has 2 aromatic rings. The van der Waals surface area contributed by atoms with Gasteiger partial charge < -0.3 is 19.3 Å². The largest absolute Gasteiger partial charge is 0.497 e. The lowest BCUT2D eigenvalue weighted by molar-refractivity contribution is 0.394. The highest BCUT2D eigenvalue weighted by atomic mass is 32.2. The van der Waals surface area contributed by atoms with Crippen LogP contribution < -0.4 is 19.3 Å². The van der Waals surface area contributed by atoms with Crippen LogP contribution >= 0.6 is 0 Å². The van der Waals surface area contributed by atoms with Crippen LogP contribution in [0.4, 0.5) is 11.4 Å². The highest BCUT2D eigenvalue weighted by Gasteiger charge is 2.14. The van der Waals surface area contributed by atoms with E-state index in [1.165, 1.54) is 25.5 Å². The van der Waals surface area contributed by atoms with E-state index in [4.69, 9.17) is 18.6 Å². The number of hydrogen-bond acceptors (Lipinski definition) is 8. The quantitative estimate of drug-likeness (QED) is 0.393. The third-order valence-corrected chi connectivity index (χ3v) is 6.49. The van der Waals surface area contributed by atoms with Gasteiger partial charge in [-0.2, -0.15) is 16.8 Å². The summed E-state index contributed by atoms with van der Waals surface area (Å²) in [6.45, 7) is 2.61. The van der Waals surface area contributed by atoms with Crippen molar-refractivity contribution in [2.24, 2.45) is 0 Å². The van der Waals surface area contributed by atoms with Crippen LogP contribution in [-0.4, -0.2) is 78.9 Å². The molecule has 0 saturated heterocycles. The summed E-state index contributed by atoms with van der Waals surface area (Å²) in [4.78, 5) is 3.84. The second-order valence-electron chi connectivity index (χ2n) is 8.07. The normalized spacial score (nSPS) is 11.3. The third-order valence-electron chi connectivity index (χ3n) is 4.88. The molecule has 0 amide bonds. The summed E-state index contributed by atoms with van der Waals surface area (Å²) >= 11 is 0. The van der Waals surface area contributed by atoms with E-state index in [1.807, 2.05) is 0 Å². The van der Waals surface area contributed by atoms with Crippen LogP contribution in [0, 0.1) is 6.92 Å². The number of hydrogen-bond donors (Lipinski definition) is 2. The summed E-state index contributed by atoms with van der Waals surface area (Å²) in [5.74, 6) is 0.207. The zero-order valence-electron chi connectivity index (χ0n) is 20.8. The van der Waals surface area contributed by atoms with Gasteiger partial charge in [0.15, 0.2) is 0 Å². The molecule has 2 aromatic carbocycles. The molecule has 2 N–H and O–H groups in total. The maximum Gasteiger partial charge on any atom is 0.264 e. The Kier molecular flexibility index (Phi) is 12.3. The SMILES string of the molecule is COc1cc(OC)cc(N(CCCS(=O)(=O)O)CCCS(=O)(=O)O)c1.Cc1cccc(N(C)C)c1. The van der Waals surface area contributed by atoms with Crippen molar-refractivity contribution < 1.29 is 35.4 Å². The van der Waals surface area contributed by atoms with Crippen molar-refractivity contribution in [2.45, 2.75) is 19.8 Å². The average Bonchev–Trinajstić information content (AvgIpc) is 2.76. The molecule has 0 radical (unpaired) electrons. The Morgan fingerprint density at radius 3 is 1.60 bits per heavy atom. The molecule has 0 spiro atoms. The van der Waals surface area contributed by atoms with Crippen LogP contribution in [0.15, 0.2) is 42.5 Å². The van der Waals surface area contributed by atoms with E-state index in [2.05, 4.69) is 50.2 Å². The van der Waals surface area contributed by atoms with Gasteiger partial charge in [-0.05, 0) is 37.5 Å². The molecule has 198 valence electrons. The summed E-state index contributed by atoms with van der Waals surface area (Å²) in [7, 11) is -1.09. The smallest absolute Gasteiger partial charge is 0.264 e. The topological polar surface area (TPSA) is 134 Å². The number of ether oxygens (including phenoxy) is 2. The third kappa shape index (κ3) is 13.2. The minimum absolute atomic E-state index is 0.143. The Labute approximate surface area is 209 Å². The van der Waals surface area contributed by atoms with E-state index >= 15 is 0 Å². The van der Waals surface area contributed by atoms with Gasteiger partial charge in [0.05, 0.1) is 25.7 Å². The predicted molar refractivity (Wildman–Crippen MR) is 139 cm³/mol. The zero-order chi connectivity index (χ0) is 26.6. The van der Waals surface area contributed by atoms with Crippen molar-refractivity contribution in [3.8, 4) is 11.5 Å². The number of benzene rings is 2. The van der Waals surface area contributed by atoms with Crippen molar-refractivity contribution in [2.75, 3.05) is 62.7 Å². The molecule has 0 aromatic heterocycles. The van der Waals surface area contributed by atoms with Crippen LogP contribution in [0.5, 0.6) is 11.5 Å². The summed E-state index contributed by atoms with van der Waals surface area (Å²) in [6, 6.07) is 13.5. The molecule has 0 saturated carbocycles. The first-order valence-electron chi connectivity index (χ1n) is 10.9. The number of rotatable bonds is 12. The van der Waals surface area contributed by atoms with E-state index in [1.54, 1.807) is 23.1 Å². The van der Waals surface area contributed by atoms with Crippen LogP contribution in [0.3, 0.4) is 0 Å². The zero-order valence-corrected chi connectivity index (χ0v) is 22.5. The minimum atomic E-state index is -4.08. The fraction of sp³-hybridized carbons (Fsp3) is 0.478. The lowest BCUT2D eigenvalue weighted by atomic mass is 10.2. The maximum absolute atomic E-state index is 10.9. The van der Waals surface area contributed by atoms with Crippen molar-refractivity contribution in [3.63, 3.8) is 0 Å². The molecule has 0 unspecified atom stereocenters. The summed E-state index contributed by atoms with van der Waals surface area (Å²) in [5, 5.41) is 0. The Hall–Kier alpha value is -2.54. The molecule has 0 atom stereocenters. The first-order chi connectivity index (χ1) is 16.2. The Bertz CT molecular complexity index is 1080.